The van der Waals surface area contributed by atoms with Crippen LogP contribution in [0, 0.1) is 0 Å². The molecule has 3 aromatic rings. The van der Waals surface area contributed by atoms with Crippen molar-refractivity contribution >= 4 is 5.91 Å². The van der Waals surface area contributed by atoms with Gasteiger partial charge >= 0.3 is 0 Å². The summed E-state index contributed by atoms with van der Waals surface area (Å²) >= 11 is 0. The molecule has 0 bridgehead atoms. The summed E-state index contributed by atoms with van der Waals surface area (Å²) in [7, 11) is 0. The Morgan fingerprint density at radius 1 is 0.609 bits per heavy atom. The molecule has 1 amide bonds. The summed E-state index contributed by atoms with van der Waals surface area (Å²) in [5, 5.41) is 0. The van der Waals surface area contributed by atoms with Crippen LogP contribution in [0.15, 0.2) is 91.0 Å². The highest BCUT2D eigenvalue weighted by Crippen LogP contribution is 2.38. The van der Waals surface area contributed by atoms with Crippen molar-refractivity contribution in [1.29, 1.82) is 0 Å². The molecule has 0 aliphatic heterocycles. The van der Waals surface area contributed by atoms with E-state index in [-0.39, 0.29) is 11.8 Å². The van der Waals surface area contributed by atoms with E-state index in [0.29, 0.717) is 0 Å². The summed E-state index contributed by atoms with van der Waals surface area (Å²) in [4.78, 5) is 12.3. The molecule has 0 heterocycles. The Morgan fingerprint density at radius 3 is 1.30 bits per heavy atom. The highest BCUT2D eigenvalue weighted by Gasteiger charge is 2.30. The van der Waals surface area contributed by atoms with Gasteiger partial charge in [0.1, 0.15) is 0 Å². The van der Waals surface area contributed by atoms with Crippen molar-refractivity contribution in [2.75, 3.05) is 0 Å². The molecule has 2 N–H and O–H groups in total. The van der Waals surface area contributed by atoms with E-state index < -0.39 is 5.92 Å². The second-order valence-electron chi connectivity index (χ2n) is 5.59. The van der Waals surface area contributed by atoms with Crippen molar-refractivity contribution in [1.82, 2.24) is 0 Å². The van der Waals surface area contributed by atoms with Crippen LogP contribution in [0.3, 0.4) is 0 Å². The second-order valence-corrected chi connectivity index (χ2v) is 5.59. The number of carbonyl (C=O) groups excluding carboxylic acids is 1. The van der Waals surface area contributed by atoms with E-state index in [9.17, 15) is 4.79 Å². The van der Waals surface area contributed by atoms with Crippen LogP contribution in [0.2, 0.25) is 0 Å². The summed E-state index contributed by atoms with van der Waals surface area (Å²) in [6.07, 6.45) is 0. The normalized spacial score (nSPS) is 12.0. The van der Waals surface area contributed by atoms with Crippen LogP contribution in [0.1, 0.15) is 28.5 Å². The van der Waals surface area contributed by atoms with Gasteiger partial charge in [0.2, 0.25) is 5.91 Å². The predicted molar refractivity (Wildman–Crippen MR) is 93.1 cm³/mol. The summed E-state index contributed by atoms with van der Waals surface area (Å²) in [5.74, 6) is -0.813. The number of nitrogens with two attached hydrogens (primary N) is 1. The van der Waals surface area contributed by atoms with Crippen LogP contribution in [-0.2, 0) is 4.79 Å². The molecule has 0 aromatic heterocycles. The van der Waals surface area contributed by atoms with Gasteiger partial charge in [-0.25, -0.2) is 0 Å². The van der Waals surface area contributed by atoms with E-state index in [0.717, 1.165) is 16.7 Å². The maximum absolute atomic E-state index is 12.3. The van der Waals surface area contributed by atoms with Gasteiger partial charge in [0.15, 0.2) is 0 Å². The van der Waals surface area contributed by atoms with E-state index >= 15 is 0 Å². The number of hydrogen-bond acceptors (Lipinski definition) is 1. The third-order valence-electron chi connectivity index (χ3n) is 4.12. The smallest absolute Gasteiger partial charge is 0.225 e. The summed E-state index contributed by atoms with van der Waals surface area (Å²) < 4.78 is 0. The topological polar surface area (TPSA) is 43.1 Å². The first-order chi connectivity index (χ1) is 11.3. The molecule has 1 unspecified atom stereocenters. The predicted octanol–water partition coefficient (Wildman–Crippen LogP) is 4.09. The van der Waals surface area contributed by atoms with Crippen molar-refractivity contribution in [3.05, 3.63) is 108 Å². The van der Waals surface area contributed by atoms with Crippen molar-refractivity contribution in [3.8, 4) is 0 Å². The Bertz CT molecular complexity index is 714. The fraction of sp³-hybridized carbons (Fsp3) is 0.0952. The lowest BCUT2D eigenvalue weighted by Gasteiger charge is -2.26. The zero-order chi connectivity index (χ0) is 16.1. The quantitative estimate of drug-likeness (QED) is 0.758. The second kappa shape index (κ2) is 6.93. The number of carbonyl (C=O) groups is 1. The highest BCUT2D eigenvalue weighted by atomic mass is 16.1. The minimum absolute atomic E-state index is 0.0997. The lowest BCUT2D eigenvalue weighted by molar-refractivity contribution is -0.119. The first-order valence-electron chi connectivity index (χ1n) is 7.71. The van der Waals surface area contributed by atoms with Crippen molar-refractivity contribution in [2.24, 2.45) is 5.73 Å². The van der Waals surface area contributed by atoms with Crippen LogP contribution in [0.5, 0.6) is 0 Å². The SMILES string of the molecule is NC(=O)C(c1ccccc1)C(c1ccccc1)c1ccccc1. The highest BCUT2D eigenvalue weighted by molar-refractivity contribution is 5.84. The lowest BCUT2D eigenvalue weighted by Crippen LogP contribution is -2.27. The third kappa shape index (κ3) is 3.32. The van der Waals surface area contributed by atoms with Crippen LogP contribution in [0.4, 0.5) is 0 Å². The molecular weight excluding hydrogens is 282 g/mol. The van der Waals surface area contributed by atoms with E-state index in [1.54, 1.807) is 0 Å². The van der Waals surface area contributed by atoms with E-state index in [4.69, 9.17) is 5.73 Å². The summed E-state index contributed by atoms with van der Waals surface area (Å²) in [5.41, 5.74) is 8.93. The molecule has 0 fully saturated rings. The van der Waals surface area contributed by atoms with Crippen LogP contribution in [-0.4, -0.2) is 5.91 Å². The molecule has 3 aromatic carbocycles. The van der Waals surface area contributed by atoms with Crippen molar-refractivity contribution in [2.45, 2.75) is 11.8 Å². The number of hydrogen-bond donors (Lipinski definition) is 1. The molecule has 0 spiro atoms. The molecule has 2 heteroatoms. The number of benzene rings is 3. The average molecular weight is 301 g/mol. The molecule has 0 aliphatic carbocycles. The van der Waals surface area contributed by atoms with E-state index in [2.05, 4.69) is 24.3 Å². The summed E-state index contributed by atoms with van der Waals surface area (Å²) in [6.45, 7) is 0. The minimum Gasteiger partial charge on any atom is -0.369 e. The lowest BCUT2D eigenvalue weighted by atomic mass is 9.77. The number of primary amides is 1. The molecule has 1 atom stereocenters. The van der Waals surface area contributed by atoms with Gasteiger partial charge < -0.3 is 5.73 Å². The van der Waals surface area contributed by atoms with Gasteiger partial charge in [0.05, 0.1) is 5.92 Å². The number of rotatable bonds is 5. The molecule has 0 saturated carbocycles. The van der Waals surface area contributed by atoms with Gasteiger partial charge in [-0.1, -0.05) is 91.0 Å². The van der Waals surface area contributed by atoms with Crippen LogP contribution < -0.4 is 5.73 Å². The molecular formula is C21H19NO. The van der Waals surface area contributed by atoms with Gasteiger partial charge in [-0.2, -0.15) is 0 Å². The van der Waals surface area contributed by atoms with Crippen molar-refractivity contribution in [3.63, 3.8) is 0 Å². The monoisotopic (exact) mass is 301 g/mol. The number of amides is 1. The molecule has 114 valence electrons. The fourth-order valence-electron chi connectivity index (χ4n) is 3.08. The minimum atomic E-state index is -0.402. The molecule has 2 nitrogen and oxygen atoms in total. The molecule has 0 saturated heterocycles. The average Bonchev–Trinajstić information content (AvgIpc) is 2.61. The Hall–Kier alpha value is -2.87. The van der Waals surface area contributed by atoms with Gasteiger partial charge in [-0.15, -0.1) is 0 Å². The van der Waals surface area contributed by atoms with Gasteiger partial charge in [0.25, 0.3) is 0 Å². The zero-order valence-corrected chi connectivity index (χ0v) is 12.8. The van der Waals surface area contributed by atoms with Gasteiger partial charge in [-0.05, 0) is 16.7 Å². The third-order valence-corrected chi connectivity index (χ3v) is 4.12. The van der Waals surface area contributed by atoms with Crippen LogP contribution >= 0.6 is 0 Å². The largest absolute Gasteiger partial charge is 0.369 e. The Morgan fingerprint density at radius 2 is 0.957 bits per heavy atom. The van der Waals surface area contributed by atoms with E-state index in [1.807, 2.05) is 66.7 Å². The maximum Gasteiger partial charge on any atom is 0.225 e. The fourth-order valence-corrected chi connectivity index (χ4v) is 3.08. The molecule has 0 aliphatic rings. The van der Waals surface area contributed by atoms with Crippen LogP contribution in [0.25, 0.3) is 0 Å². The van der Waals surface area contributed by atoms with Gasteiger partial charge in [-0.3, -0.25) is 4.79 Å². The first kappa shape index (κ1) is 15.0. The molecule has 23 heavy (non-hydrogen) atoms. The van der Waals surface area contributed by atoms with Crippen molar-refractivity contribution < 1.29 is 4.79 Å². The maximum atomic E-state index is 12.3. The summed E-state index contributed by atoms with van der Waals surface area (Å²) in [6, 6.07) is 29.9. The Labute approximate surface area is 136 Å². The first-order valence-corrected chi connectivity index (χ1v) is 7.71. The molecule has 3 rings (SSSR count). The molecule has 0 radical (unpaired) electrons. The standard InChI is InChI=1S/C21H19NO/c22-21(23)20(18-14-8-3-9-15-18)19(16-10-4-1-5-11-16)17-12-6-2-7-13-17/h1-15,19-20H,(H2,22,23). The van der Waals surface area contributed by atoms with E-state index in [1.165, 1.54) is 0 Å². The van der Waals surface area contributed by atoms with Gasteiger partial charge in [0, 0.05) is 5.92 Å². The Kier molecular flexibility index (Phi) is 4.53. The zero-order valence-electron chi connectivity index (χ0n) is 12.8. The Balaban J connectivity index is 2.15.